The van der Waals surface area contributed by atoms with Gasteiger partial charge >= 0.3 is 11.9 Å². The van der Waals surface area contributed by atoms with Gasteiger partial charge < -0.3 is 18.9 Å². The third-order valence-corrected chi connectivity index (χ3v) is 7.74. The number of carbonyl (C=O) groups excluding carboxylic acids is 2. The van der Waals surface area contributed by atoms with Crippen molar-refractivity contribution >= 4 is 11.9 Å². The Kier molecular flexibility index (Phi) is 11.3. The summed E-state index contributed by atoms with van der Waals surface area (Å²) in [5, 5.41) is 0. The molecule has 39 heavy (non-hydrogen) atoms. The molecule has 6 heteroatoms. The molecule has 3 atom stereocenters. The van der Waals surface area contributed by atoms with Gasteiger partial charge in [-0.15, -0.1) is 0 Å². The van der Waals surface area contributed by atoms with Crippen LogP contribution in [-0.2, 0) is 9.53 Å². The summed E-state index contributed by atoms with van der Waals surface area (Å²) in [5.41, 5.74) is 0.479. The highest BCUT2D eigenvalue weighted by atomic mass is 16.5. The Bertz CT molecular complexity index is 1060. The Morgan fingerprint density at radius 1 is 0.692 bits per heavy atom. The van der Waals surface area contributed by atoms with Crippen molar-refractivity contribution in [1.82, 2.24) is 0 Å². The molecule has 0 heterocycles. The van der Waals surface area contributed by atoms with Crippen LogP contribution in [0.4, 0.5) is 0 Å². The summed E-state index contributed by atoms with van der Waals surface area (Å²) in [6, 6.07) is 14.0. The molecule has 0 amide bonds. The van der Waals surface area contributed by atoms with Gasteiger partial charge in [-0.1, -0.05) is 57.1 Å². The highest BCUT2D eigenvalue weighted by Crippen LogP contribution is 2.43. The summed E-state index contributed by atoms with van der Waals surface area (Å²) >= 11 is 0. The molecule has 0 saturated heterocycles. The topological polar surface area (TPSA) is 71.1 Å². The van der Waals surface area contributed by atoms with Gasteiger partial charge in [-0.05, 0) is 86.1 Å². The molecule has 0 N–H and O–H groups in total. The molecule has 2 bridgehead atoms. The van der Waals surface area contributed by atoms with Gasteiger partial charge in [0.15, 0.2) is 0 Å². The molecule has 210 valence electrons. The van der Waals surface area contributed by atoms with E-state index in [0.29, 0.717) is 42.1 Å². The molecular weight excluding hydrogens is 492 g/mol. The number of hydrogen-bond donors (Lipinski definition) is 0. The predicted molar refractivity (Wildman–Crippen MR) is 151 cm³/mol. The second-order valence-electron chi connectivity index (χ2n) is 10.7. The number of allylic oxidation sites excluding steroid dienone is 2. The second kappa shape index (κ2) is 15.3. The van der Waals surface area contributed by atoms with E-state index >= 15 is 0 Å². The van der Waals surface area contributed by atoms with Crippen molar-refractivity contribution in [2.45, 2.75) is 70.6 Å². The van der Waals surface area contributed by atoms with E-state index in [2.05, 4.69) is 12.2 Å². The third kappa shape index (κ3) is 9.15. The molecule has 2 aromatic carbocycles. The molecule has 1 saturated carbocycles. The van der Waals surface area contributed by atoms with Gasteiger partial charge in [0.2, 0.25) is 0 Å². The van der Waals surface area contributed by atoms with Gasteiger partial charge in [0.25, 0.3) is 0 Å². The first-order chi connectivity index (χ1) is 19.1. The second-order valence-corrected chi connectivity index (χ2v) is 10.7. The Morgan fingerprint density at radius 2 is 1.28 bits per heavy atom. The number of unbranched alkanes of at least 4 members (excludes halogenated alkanes) is 8. The molecule has 1 fully saturated rings. The first kappa shape index (κ1) is 28.7. The molecule has 3 unspecified atom stereocenters. The van der Waals surface area contributed by atoms with Crippen LogP contribution < -0.4 is 14.2 Å². The van der Waals surface area contributed by atoms with E-state index in [9.17, 15) is 9.59 Å². The average Bonchev–Trinajstić information content (AvgIpc) is 3.60. The zero-order valence-corrected chi connectivity index (χ0v) is 23.1. The summed E-state index contributed by atoms with van der Waals surface area (Å²) in [7, 11) is 1.59. The maximum atomic E-state index is 12.3. The summed E-state index contributed by atoms with van der Waals surface area (Å²) in [6.07, 6.45) is 17.1. The van der Waals surface area contributed by atoms with Crippen LogP contribution in [0.5, 0.6) is 17.2 Å². The van der Waals surface area contributed by atoms with Crippen molar-refractivity contribution in [2.75, 3.05) is 20.3 Å². The van der Waals surface area contributed by atoms with Crippen molar-refractivity contribution in [3.8, 4) is 17.2 Å². The maximum Gasteiger partial charge on any atom is 0.343 e. The number of methoxy groups -OCH3 is 1. The van der Waals surface area contributed by atoms with E-state index < -0.39 is 5.97 Å². The molecule has 2 aromatic rings. The smallest absolute Gasteiger partial charge is 0.343 e. The van der Waals surface area contributed by atoms with Crippen LogP contribution in [0.1, 0.15) is 81.0 Å². The number of ether oxygens (including phenoxy) is 4. The lowest BCUT2D eigenvalue weighted by molar-refractivity contribution is -0.149. The molecule has 0 aliphatic heterocycles. The summed E-state index contributed by atoms with van der Waals surface area (Å²) in [5.74, 6) is 2.73. The van der Waals surface area contributed by atoms with Crippen molar-refractivity contribution < 1.29 is 28.5 Å². The Labute approximate surface area is 232 Å². The fourth-order valence-electron chi connectivity index (χ4n) is 5.46. The number of benzene rings is 2. The zero-order valence-electron chi connectivity index (χ0n) is 23.1. The van der Waals surface area contributed by atoms with Crippen LogP contribution in [-0.4, -0.2) is 32.3 Å². The first-order valence-electron chi connectivity index (χ1n) is 14.6. The first-order valence-corrected chi connectivity index (χ1v) is 14.6. The van der Waals surface area contributed by atoms with Crippen molar-refractivity contribution in [1.29, 1.82) is 0 Å². The van der Waals surface area contributed by atoms with Crippen LogP contribution in [0.15, 0.2) is 60.7 Å². The van der Waals surface area contributed by atoms with Crippen LogP contribution in [0.3, 0.4) is 0 Å². The summed E-state index contributed by atoms with van der Waals surface area (Å²) < 4.78 is 21.9. The molecule has 2 aliphatic carbocycles. The Morgan fingerprint density at radius 3 is 1.87 bits per heavy atom. The van der Waals surface area contributed by atoms with Gasteiger partial charge in [-0.2, -0.15) is 0 Å². The zero-order chi connectivity index (χ0) is 27.3. The highest BCUT2D eigenvalue weighted by Gasteiger charge is 2.40. The molecule has 0 radical (unpaired) electrons. The normalized spacial score (nSPS) is 19.2. The highest BCUT2D eigenvalue weighted by molar-refractivity contribution is 5.91. The Balaban J connectivity index is 0.951. The van der Waals surface area contributed by atoms with Gasteiger partial charge in [0, 0.05) is 0 Å². The van der Waals surface area contributed by atoms with E-state index in [0.717, 1.165) is 44.3 Å². The van der Waals surface area contributed by atoms with Crippen molar-refractivity contribution in [2.24, 2.45) is 17.8 Å². The molecule has 2 aliphatic rings. The molecule has 0 aromatic heterocycles. The number of rotatable bonds is 17. The third-order valence-electron chi connectivity index (χ3n) is 7.74. The van der Waals surface area contributed by atoms with Crippen molar-refractivity contribution in [3.63, 3.8) is 0 Å². The minimum atomic E-state index is -0.404. The van der Waals surface area contributed by atoms with Crippen LogP contribution in [0, 0.1) is 17.8 Å². The summed E-state index contributed by atoms with van der Waals surface area (Å²) in [4.78, 5) is 24.6. The Hall–Kier alpha value is -3.28. The van der Waals surface area contributed by atoms with Crippen molar-refractivity contribution in [3.05, 3.63) is 66.2 Å². The quantitative estimate of drug-likeness (QED) is 0.0903. The van der Waals surface area contributed by atoms with E-state index in [4.69, 9.17) is 18.9 Å². The molecular formula is C33H42O6. The van der Waals surface area contributed by atoms with E-state index in [1.165, 1.54) is 32.1 Å². The lowest BCUT2D eigenvalue weighted by Crippen LogP contribution is -2.21. The monoisotopic (exact) mass is 534 g/mol. The summed E-state index contributed by atoms with van der Waals surface area (Å²) in [6.45, 7) is 1.25. The largest absolute Gasteiger partial charge is 0.497 e. The van der Waals surface area contributed by atoms with E-state index in [1.54, 1.807) is 55.6 Å². The van der Waals surface area contributed by atoms with Crippen LogP contribution >= 0.6 is 0 Å². The van der Waals surface area contributed by atoms with Gasteiger partial charge in [0.1, 0.15) is 17.2 Å². The fraction of sp³-hybridized carbons (Fsp3) is 0.515. The van der Waals surface area contributed by atoms with Gasteiger partial charge in [-0.25, -0.2) is 4.79 Å². The number of fused-ring (bicyclic) bond motifs is 2. The standard InChI is InChI=1S/C33H42O6/c1-36-28-17-19-30(20-18-28)39-32(34)26-13-15-29(16-14-26)37-21-9-7-5-3-2-4-6-8-10-22-38-33(35)31-24-25-11-12-27(31)23-25/h11-20,25,27,31H,2-10,21-24H2,1H3. The van der Waals surface area contributed by atoms with Gasteiger partial charge in [-0.3, -0.25) is 4.79 Å². The maximum absolute atomic E-state index is 12.3. The number of hydrogen-bond acceptors (Lipinski definition) is 6. The molecule has 0 spiro atoms. The molecule has 4 rings (SSSR count). The number of esters is 2. The number of carbonyl (C=O) groups is 2. The van der Waals surface area contributed by atoms with Crippen LogP contribution in [0.25, 0.3) is 0 Å². The van der Waals surface area contributed by atoms with Gasteiger partial charge in [0.05, 0.1) is 31.8 Å². The SMILES string of the molecule is COc1ccc(OC(=O)c2ccc(OCCCCCCCCCCCOC(=O)C3CC4C=CC3C4)cc2)cc1. The average molecular weight is 535 g/mol. The lowest BCUT2D eigenvalue weighted by atomic mass is 9.94. The minimum absolute atomic E-state index is 0.0262. The predicted octanol–water partition coefficient (Wildman–Crippen LogP) is 7.56. The van der Waals surface area contributed by atoms with Crippen LogP contribution in [0.2, 0.25) is 0 Å². The minimum Gasteiger partial charge on any atom is -0.497 e. The lowest BCUT2D eigenvalue weighted by Gasteiger charge is -2.16. The van der Waals surface area contributed by atoms with E-state index in [-0.39, 0.29) is 11.9 Å². The molecule has 6 nitrogen and oxygen atoms in total. The fourth-order valence-corrected chi connectivity index (χ4v) is 5.46. The van der Waals surface area contributed by atoms with E-state index in [1.807, 2.05) is 0 Å².